The molecule has 2 aromatic carbocycles. The summed E-state index contributed by atoms with van der Waals surface area (Å²) in [6.45, 7) is 2.47. The molecule has 10 nitrogen and oxygen atoms in total. The second-order valence-electron chi connectivity index (χ2n) is 6.06. The summed E-state index contributed by atoms with van der Waals surface area (Å²) in [5.41, 5.74) is 4.59. The van der Waals surface area contributed by atoms with Crippen LogP contribution in [0.3, 0.4) is 0 Å². The first-order chi connectivity index (χ1) is 14.9. The molecule has 0 atom stereocenters. The molecule has 0 aliphatic rings. The standard InChI is InChI=1S/C20H23FN4O6/c1-4-9-31-16-8-5-12(10-17(16)29-2)18(26)24-25-19(27)22-13-6-7-15(14(21)11-13)23-20(28)30-3/h5-8,10-11H,4,9H2,1-3H3,(H,23,28)(H,24,26)(H2,22,25,27). The van der Waals surface area contributed by atoms with Crippen molar-refractivity contribution in [3.8, 4) is 11.5 Å². The zero-order valence-corrected chi connectivity index (χ0v) is 17.2. The van der Waals surface area contributed by atoms with Gasteiger partial charge < -0.3 is 19.5 Å². The largest absolute Gasteiger partial charge is 0.493 e. The van der Waals surface area contributed by atoms with E-state index in [0.29, 0.717) is 18.1 Å². The minimum Gasteiger partial charge on any atom is -0.493 e. The third-order valence-corrected chi connectivity index (χ3v) is 3.83. The van der Waals surface area contributed by atoms with Crippen LogP contribution in [-0.2, 0) is 4.74 Å². The summed E-state index contributed by atoms with van der Waals surface area (Å²) in [4.78, 5) is 35.4. The molecule has 0 bridgehead atoms. The summed E-state index contributed by atoms with van der Waals surface area (Å²) in [5.74, 6) is -0.510. The molecule has 4 amide bonds. The highest BCUT2D eigenvalue weighted by molar-refractivity contribution is 5.97. The Kier molecular flexibility index (Phi) is 8.43. The van der Waals surface area contributed by atoms with Crippen molar-refractivity contribution < 1.29 is 33.0 Å². The van der Waals surface area contributed by atoms with E-state index in [1.165, 1.54) is 31.4 Å². The van der Waals surface area contributed by atoms with Crippen LogP contribution in [0.2, 0.25) is 0 Å². The van der Waals surface area contributed by atoms with Crippen LogP contribution in [0, 0.1) is 5.82 Å². The molecule has 0 spiro atoms. The summed E-state index contributed by atoms with van der Waals surface area (Å²) in [6, 6.07) is 7.37. The van der Waals surface area contributed by atoms with E-state index in [1.807, 2.05) is 6.92 Å². The first kappa shape index (κ1) is 23.3. The van der Waals surface area contributed by atoms with Gasteiger partial charge in [0.25, 0.3) is 5.91 Å². The van der Waals surface area contributed by atoms with E-state index in [-0.39, 0.29) is 16.9 Å². The predicted octanol–water partition coefficient (Wildman–Crippen LogP) is 3.27. The van der Waals surface area contributed by atoms with E-state index in [2.05, 4.69) is 26.2 Å². The maximum Gasteiger partial charge on any atom is 0.411 e. The maximum atomic E-state index is 14.0. The van der Waals surface area contributed by atoms with Crippen LogP contribution in [-0.4, -0.2) is 38.9 Å². The maximum absolute atomic E-state index is 14.0. The molecule has 0 unspecified atom stereocenters. The zero-order chi connectivity index (χ0) is 22.8. The quantitative estimate of drug-likeness (QED) is 0.496. The van der Waals surface area contributed by atoms with Crippen LogP contribution in [0.4, 0.5) is 25.4 Å². The van der Waals surface area contributed by atoms with Gasteiger partial charge in [-0.05, 0) is 42.8 Å². The van der Waals surface area contributed by atoms with Crippen molar-refractivity contribution in [1.29, 1.82) is 0 Å². The van der Waals surface area contributed by atoms with Gasteiger partial charge in [-0.15, -0.1) is 0 Å². The smallest absolute Gasteiger partial charge is 0.411 e. The monoisotopic (exact) mass is 434 g/mol. The topological polar surface area (TPSA) is 127 Å². The van der Waals surface area contributed by atoms with Crippen LogP contribution in [0.25, 0.3) is 0 Å². The first-order valence-corrected chi connectivity index (χ1v) is 9.20. The van der Waals surface area contributed by atoms with Crippen molar-refractivity contribution in [1.82, 2.24) is 10.9 Å². The summed E-state index contributed by atoms with van der Waals surface area (Å²) >= 11 is 0. The van der Waals surface area contributed by atoms with Gasteiger partial charge in [0.2, 0.25) is 0 Å². The van der Waals surface area contributed by atoms with Gasteiger partial charge in [-0.1, -0.05) is 6.92 Å². The first-order valence-electron chi connectivity index (χ1n) is 9.20. The van der Waals surface area contributed by atoms with Gasteiger partial charge in [0.05, 0.1) is 26.5 Å². The lowest BCUT2D eigenvalue weighted by molar-refractivity contribution is 0.0937. The Morgan fingerprint density at radius 2 is 1.74 bits per heavy atom. The third kappa shape index (κ3) is 6.77. The Balaban J connectivity index is 1.93. The second kappa shape index (κ2) is 11.2. The van der Waals surface area contributed by atoms with Gasteiger partial charge >= 0.3 is 12.1 Å². The molecule has 11 heteroatoms. The highest BCUT2D eigenvalue weighted by Crippen LogP contribution is 2.28. The lowest BCUT2D eigenvalue weighted by atomic mass is 10.2. The molecule has 0 saturated heterocycles. The number of ether oxygens (including phenoxy) is 3. The lowest BCUT2D eigenvalue weighted by Crippen LogP contribution is -2.43. The number of halogens is 1. The molecule has 0 aliphatic carbocycles. The van der Waals surface area contributed by atoms with E-state index in [1.54, 1.807) is 6.07 Å². The summed E-state index contributed by atoms with van der Waals surface area (Å²) < 4.78 is 29.1. The molecule has 0 aliphatic heterocycles. The van der Waals surface area contributed by atoms with Crippen LogP contribution >= 0.6 is 0 Å². The fourth-order valence-electron chi connectivity index (χ4n) is 2.34. The average molecular weight is 434 g/mol. The van der Waals surface area contributed by atoms with E-state index in [4.69, 9.17) is 9.47 Å². The minimum atomic E-state index is -0.832. The van der Waals surface area contributed by atoms with Crippen molar-refractivity contribution in [3.63, 3.8) is 0 Å². The van der Waals surface area contributed by atoms with Crippen LogP contribution in [0.5, 0.6) is 11.5 Å². The molecule has 2 aromatic rings. The van der Waals surface area contributed by atoms with Crippen molar-refractivity contribution >= 4 is 29.4 Å². The normalized spacial score (nSPS) is 9.94. The Hall–Kier alpha value is -4.02. The predicted molar refractivity (Wildman–Crippen MR) is 111 cm³/mol. The van der Waals surface area contributed by atoms with Gasteiger partial charge in [-0.25, -0.2) is 19.4 Å². The molecule has 0 heterocycles. The van der Waals surface area contributed by atoms with Gasteiger partial charge in [0.1, 0.15) is 5.82 Å². The number of urea groups is 1. The Morgan fingerprint density at radius 3 is 2.39 bits per heavy atom. The molecule has 31 heavy (non-hydrogen) atoms. The molecular weight excluding hydrogens is 411 g/mol. The molecule has 0 radical (unpaired) electrons. The fourth-order valence-corrected chi connectivity index (χ4v) is 2.34. The molecule has 4 N–H and O–H groups in total. The highest BCUT2D eigenvalue weighted by Gasteiger charge is 2.13. The van der Waals surface area contributed by atoms with Gasteiger partial charge in [-0.2, -0.15) is 0 Å². The molecule has 2 rings (SSSR count). The van der Waals surface area contributed by atoms with E-state index >= 15 is 0 Å². The number of amides is 4. The number of hydrazine groups is 1. The summed E-state index contributed by atoms with van der Waals surface area (Å²) in [5, 5.41) is 4.53. The van der Waals surface area contributed by atoms with Gasteiger partial charge in [-0.3, -0.25) is 15.5 Å². The Labute approximate surface area is 178 Å². The van der Waals surface area contributed by atoms with Crippen molar-refractivity contribution in [2.24, 2.45) is 0 Å². The number of benzene rings is 2. The molecule has 0 aromatic heterocycles. The van der Waals surface area contributed by atoms with Crippen molar-refractivity contribution in [2.75, 3.05) is 31.5 Å². The highest BCUT2D eigenvalue weighted by atomic mass is 19.1. The summed E-state index contributed by atoms with van der Waals surface area (Å²) in [7, 11) is 2.60. The number of anilines is 2. The zero-order valence-electron chi connectivity index (χ0n) is 17.2. The number of carbonyl (C=O) groups excluding carboxylic acids is 3. The Morgan fingerprint density at radius 1 is 0.968 bits per heavy atom. The average Bonchev–Trinajstić information content (AvgIpc) is 2.77. The van der Waals surface area contributed by atoms with Gasteiger partial charge in [0.15, 0.2) is 11.5 Å². The number of hydrogen-bond donors (Lipinski definition) is 4. The fraction of sp³-hybridized carbons (Fsp3) is 0.250. The van der Waals surface area contributed by atoms with Crippen LogP contribution in [0.15, 0.2) is 36.4 Å². The number of nitrogens with one attached hydrogen (secondary N) is 4. The molecular formula is C20H23FN4O6. The van der Waals surface area contributed by atoms with Crippen LogP contribution in [0.1, 0.15) is 23.7 Å². The molecule has 0 saturated carbocycles. The second-order valence-corrected chi connectivity index (χ2v) is 6.06. The van der Waals surface area contributed by atoms with E-state index < -0.39 is 23.8 Å². The number of hydrogen-bond acceptors (Lipinski definition) is 6. The van der Waals surface area contributed by atoms with E-state index in [0.717, 1.165) is 19.6 Å². The number of rotatable bonds is 7. The van der Waals surface area contributed by atoms with Crippen LogP contribution < -0.4 is 31.0 Å². The summed E-state index contributed by atoms with van der Waals surface area (Å²) in [6.07, 6.45) is -0.0135. The number of methoxy groups -OCH3 is 2. The molecule has 0 fully saturated rings. The molecule has 166 valence electrons. The minimum absolute atomic E-state index is 0.0961. The number of carbonyl (C=O) groups is 3. The van der Waals surface area contributed by atoms with Crippen molar-refractivity contribution in [3.05, 3.63) is 47.8 Å². The van der Waals surface area contributed by atoms with Crippen molar-refractivity contribution in [2.45, 2.75) is 13.3 Å². The Bertz CT molecular complexity index is 953. The lowest BCUT2D eigenvalue weighted by Gasteiger charge is -2.13. The van der Waals surface area contributed by atoms with E-state index in [9.17, 15) is 18.8 Å². The SMILES string of the molecule is CCCOc1ccc(C(=O)NNC(=O)Nc2ccc(NC(=O)OC)c(F)c2)cc1OC. The van der Waals surface area contributed by atoms with Gasteiger partial charge in [0, 0.05) is 11.3 Å². The third-order valence-electron chi connectivity index (χ3n) is 3.83.